The van der Waals surface area contributed by atoms with Crippen LogP contribution >= 0.6 is 11.6 Å². The number of anilines is 1. The quantitative estimate of drug-likeness (QED) is 0.343. The van der Waals surface area contributed by atoms with Crippen LogP contribution in [-0.4, -0.2) is 33.9 Å². The minimum Gasteiger partial charge on any atom is -0.477 e. The first kappa shape index (κ1) is 23.0. The molecule has 2 N–H and O–H groups in total. The Hall–Kier alpha value is -4.17. The lowest BCUT2D eigenvalue weighted by molar-refractivity contribution is 0.0690. The minimum absolute atomic E-state index is 0.0356. The fraction of sp³-hybridized carbons (Fsp3) is 0.120. The summed E-state index contributed by atoms with van der Waals surface area (Å²) in [6, 6.07) is 17.9. The molecule has 172 valence electrons. The molecule has 2 heterocycles. The Labute approximate surface area is 200 Å². The van der Waals surface area contributed by atoms with Crippen molar-refractivity contribution in [1.82, 2.24) is 10.1 Å². The Morgan fingerprint density at radius 2 is 1.85 bits per heavy atom. The van der Waals surface area contributed by atoms with E-state index in [9.17, 15) is 9.59 Å². The Balaban J connectivity index is 1.48. The van der Waals surface area contributed by atoms with Gasteiger partial charge < -0.3 is 14.4 Å². The highest BCUT2D eigenvalue weighted by Crippen LogP contribution is 2.32. The number of carboxylic acid groups (broad SMARTS) is 1. The lowest BCUT2D eigenvalue weighted by Crippen LogP contribution is -2.16. The second-order valence-electron chi connectivity index (χ2n) is 7.38. The highest BCUT2D eigenvalue weighted by Gasteiger charge is 2.18. The maximum atomic E-state index is 12.4. The van der Waals surface area contributed by atoms with Crippen LogP contribution in [0.3, 0.4) is 0 Å². The predicted octanol–water partition coefficient (Wildman–Crippen LogP) is 5.85. The minimum atomic E-state index is -1.09. The van der Waals surface area contributed by atoms with Gasteiger partial charge in [-0.2, -0.15) is 0 Å². The van der Waals surface area contributed by atoms with Crippen LogP contribution in [0.4, 0.5) is 10.5 Å². The second kappa shape index (κ2) is 10.2. The number of carbonyl (C=O) groups excluding carboxylic acids is 1. The van der Waals surface area contributed by atoms with Gasteiger partial charge in [0, 0.05) is 28.8 Å². The number of benzene rings is 2. The summed E-state index contributed by atoms with van der Waals surface area (Å²) in [7, 11) is 0. The van der Waals surface area contributed by atoms with Crippen molar-refractivity contribution in [3.8, 4) is 22.4 Å². The number of hydrogen-bond donors (Lipinski definition) is 2. The third-order valence-electron chi connectivity index (χ3n) is 5.10. The fourth-order valence-corrected chi connectivity index (χ4v) is 3.58. The molecule has 0 bridgehead atoms. The van der Waals surface area contributed by atoms with Crippen LogP contribution in [0.1, 0.15) is 21.8 Å². The molecule has 8 nitrogen and oxygen atoms in total. The van der Waals surface area contributed by atoms with E-state index in [2.05, 4.69) is 15.5 Å². The van der Waals surface area contributed by atoms with Crippen molar-refractivity contribution in [2.45, 2.75) is 13.3 Å². The molecule has 0 aliphatic carbocycles. The van der Waals surface area contributed by atoms with Crippen molar-refractivity contribution in [2.24, 2.45) is 0 Å². The van der Waals surface area contributed by atoms with Crippen molar-refractivity contribution >= 4 is 29.4 Å². The molecular formula is C25H20ClN3O5. The number of amides is 1. The summed E-state index contributed by atoms with van der Waals surface area (Å²) in [5.41, 5.74) is 3.93. The van der Waals surface area contributed by atoms with Gasteiger partial charge in [0.15, 0.2) is 5.76 Å². The predicted molar refractivity (Wildman–Crippen MR) is 127 cm³/mol. The van der Waals surface area contributed by atoms with E-state index in [0.29, 0.717) is 34.1 Å². The maximum absolute atomic E-state index is 12.4. The molecule has 0 aliphatic rings. The number of hydrogen-bond acceptors (Lipinski definition) is 6. The summed E-state index contributed by atoms with van der Waals surface area (Å²) in [4.78, 5) is 27.4. The zero-order chi connectivity index (χ0) is 24.1. The molecule has 4 aromatic rings. The van der Waals surface area contributed by atoms with Crippen molar-refractivity contribution in [1.29, 1.82) is 0 Å². The van der Waals surface area contributed by atoms with E-state index in [0.717, 1.165) is 16.7 Å². The molecule has 4 rings (SSSR count). The van der Waals surface area contributed by atoms with Gasteiger partial charge in [0.2, 0.25) is 0 Å². The number of ether oxygens (including phenoxy) is 1. The van der Waals surface area contributed by atoms with Crippen LogP contribution < -0.4 is 5.32 Å². The Bertz CT molecular complexity index is 1330. The summed E-state index contributed by atoms with van der Waals surface area (Å²) in [6.07, 6.45) is 1.34. The number of aromatic nitrogens is 2. The molecule has 0 radical (unpaired) electrons. The number of aromatic carboxylic acids is 1. The first-order valence-corrected chi connectivity index (χ1v) is 10.7. The lowest BCUT2D eigenvalue weighted by atomic mass is 10.0. The molecule has 0 spiro atoms. The number of carboxylic acids is 1. The summed E-state index contributed by atoms with van der Waals surface area (Å²) in [6.45, 7) is 1.85. The fourth-order valence-electron chi connectivity index (χ4n) is 3.35. The number of nitrogens with one attached hydrogen (secondary N) is 1. The van der Waals surface area contributed by atoms with E-state index in [-0.39, 0.29) is 12.3 Å². The summed E-state index contributed by atoms with van der Waals surface area (Å²) >= 11 is 6.14. The average molecular weight is 478 g/mol. The molecule has 2 aromatic heterocycles. The average Bonchev–Trinajstić information content (AvgIpc) is 3.20. The van der Waals surface area contributed by atoms with E-state index in [4.69, 9.17) is 26.0 Å². The van der Waals surface area contributed by atoms with Gasteiger partial charge in [-0.15, -0.1) is 0 Å². The molecule has 9 heteroatoms. The first-order valence-electron chi connectivity index (χ1n) is 10.4. The number of nitrogens with zero attached hydrogens (tertiary/aromatic N) is 2. The largest absolute Gasteiger partial charge is 0.477 e. The van der Waals surface area contributed by atoms with Gasteiger partial charge in [-0.05, 0) is 36.2 Å². The highest BCUT2D eigenvalue weighted by atomic mass is 35.5. The van der Waals surface area contributed by atoms with E-state index < -0.39 is 12.1 Å². The molecule has 34 heavy (non-hydrogen) atoms. The van der Waals surface area contributed by atoms with E-state index in [1.54, 1.807) is 19.1 Å². The van der Waals surface area contributed by atoms with Gasteiger partial charge in [-0.1, -0.05) is 59.2 Å². The summed E-state index contributed by atoms with van der Waals surface area (Å²) in [5.74, 6) is -0.663. The molecular weight excluding hydrogens is 458 g/mol. The molecule has 0 fully saturated rings. The number of rotatable bonds is 7. The number of halogens is 1. The van der Waals surface area contributed by atoms with Crippen LogP contribution in [0.15, 0.2) is 71.4 Å². The van der Waals surface area contributed by atoms with Gasteiger partial charge in [-0.3, -0.25) is 5.32 Å². The molecule has 0 saturated heterocycles. The Kier molecular flexibility index (Phi) is 6.89. The molecule has 0 unspecified atom stereocenters. The molecule has 0 atom stereocenters. The first-order chi connectivity index (χ1) is 16.4. The Morgan fingerprint density at radius 3 is 2.59 bits per heavy atom. The topological polar surface area (TPSA) is 115 Å². The van der Waals surface area contributed by atoms with Gasteiger partial charge >= 0.3 is 12.1 Å². The third kappa shape index (κ3) is 5.24. The van der Waals surface area contributed by atoms with Crippen LogP contribution in [0.2, 0.25) is 5.02 Å². The Morgan fingerprint density at radius 1 is 1.06 bits per heavy atom. The van der Waals surface area contributed by atoms with E-state index >= 15 is 0 Å². The SMILES string of the molecule is Cc1onc(-c2cccc(-c3ccc(C(=O)O)nc3)c2)c1NC(=O)OCCc1ccccc1Cl. The monoisotopic (exact) mass is 477 g/mol. The van der Waals surface area contributed by atoms with Gasteiger partial charge in [0.05, 0.1) is 6.61 Å². The molecule has 0 aliphatic heterocycles. The summed E-state index contributed by atoms with van der Waals surface area (Å²) in [5, 5.41) is 16.5. The van der Waals surface area contributed by atoms with Crippen LogP contribution in [-0.2, 0) is 11.2 Å². The zero-order valence-corrected chi connectivity index (χ0v) is 18.9. The van der Waals surface area contributed by atoms with E-state index in [1.165, 1.54) is 12.3 Å². The van der Waals surface area contributed by atoms with Crippen molar-refractivity contribution in [3.05, 3.63) is 88.9 Å². The van der Waals surface area contributed by atoms with Crippen molar-refractivity contribution < 1.29 is 24.0 Å². The van der Waals surface area contributed by atoms with Crippen molar-refractivity contribution in [3.63, 3.8) is 0 Å². The molecule has 2 aromatic carbocycles. The molecule has 0 saturated carbocycles. The smallest absolute Gasteiger partial charge is 0.411 e. The van der Waals surface area contributed by atoms with Gasteiger partial charge in [0.25, 0.3) is 0 Å². The number of pyridine rings is 1. The zero-order valence-electron chi connectivity index (χ0n) is 18.1. The molecule has 1 amide bonds. The maximum Gasteiger partial charge on any atom is 0.411 e. The second-order valence-corrected chi connectivity index (χ2v) is 7.79. The van der Waals surface area contributed by atoms with Crippen molar-refractivity contribution in [2.75, 3.05) is 11.9 Å². The van der Waals surface area contributed by atoms with Crippen LogP contribution in [0, 0.1) is 6.92 Å². The lowest BCUT2D eigenvalue weighted by Gasteiger charge is -2.09. The van der Waals surface area contributed by atoms with Crippen LogP contribution in [0.5, 0.6) is 0 Å². The standard InChI is InChI=1S/C25H20ClN3O5/c1-15-22(28-25(32)33-12-11-16-5-2-3-8-20(16)26)23(29-34-15)18-7-4-6-17(13-18)19-9-10-21(24(30)31)27-14-19/h2-10,13-14H,11-12H2,1H3,(H,28,32)(H,30,31). The third-order valence-corrected chi connectivity index (χ3v) is 5.47. The number of carbonyl (C=O) groups is 2. The van der Waals surface area contributed by atoms with E-state index in [1.807, 2.05) is 42.5 Å². The number of aryl methyl sites for hydroxylation is 1. The van der Waals surface area contributed by atoms with Gasteiger partial charge in [0.1, 0.15) is 17.1 Å². The highest BCUT2D eigenvalue weighted by molar-refractivity contribution is 6.31. The summed E-state index contributed by atoms with van der Waals surface area (Å²) < 4.78 is 10.6. The van der Waals surface area contributed by atoms with Gasteiger partial charge in [-0.25, -0.2) is 14.6 Å². The van der Waals surface area contributed by atoms with Crippen LogP contribution in [0.25, 0.3) is 22.4 Å². The normalized spacial score (nSPS) is 10.6.